The van der Waals surface area contributed by atoms with E-state index in [-0.39, 0.29) is 0 Å². The fourth-order valence-electron chi connectivity index (χ4n) is 12.8. The molecular formula is C74H46N4O2. The molecule has 0 unspecified atom stereocenters. The van der Waals surface area contributed by atoms with E-state index in [0.29, 0.717) is 0 Å². The van der Waals surface area contributed by atoms with Gasteiger partial charge >= 0.3 is 0 Å². The fraction of sp³-hybridized carbons (Fsp3) is 0. The van der Waals surface area contributed by atoms with E-state index in [1.54, 1.807) is 0 Å². The van der Waals surface area contributed by atoms with Crippen LogP contribution in [0.25, 0.3) is 120 Å². The Hall–Kier alpha value is -10.8. The Balaban J connectivity index is 0.775. The molecule has 0 aliphatic heterocycles. The molecule has 0 atom stereocenters. The molecule has 0 aliphatic rings. The smallest absolute Gasteiger partial charge is 0.147 e. The monoisotopic (exact) mass is 1020 g/mol. The Kier molecular flexibility index (Phi) is 9.61. The molecule has 6 heteroatoms. The maximum absolute atomic E-state index is 7.00. The van der Waals surface area contributed by atoms with Crippen molar-refractivity contribution in [3.05, 3.63) is 279 Å². The second kappa shape index (κ2) is 17.3. The molecule has 0 bridgehead atoms. The third-order valence-electron chi connectivity index (χ3n) is 16.4. The molecule has 6 nitrogen and oxygen atoms in total. The summed E-state index contributed by atoms with van der Waals surface area (Å²) in [6.07, 6.45) is 0. The predicted molar refractivity (Wildman–Crippen MR) is 334 cm³/mol. The first-order chi connectivity index (χ1) is 39.6. The van der Waals surface area contributed by atoms with Crippen LogP contribution < -0.4 is 9.80 Å². The summed E-state index contributed by atoms with van der Waals surface area (Å²) in [7, 11) is 0. The van der Waals surface area contributed by atoms with Gasteiger partial charge in [0.15, 0.2) is 0 Å². The minimum Gasteiger partial charge on any atom is -0.456 e. The third-order valence-corrected chi connectivity index (χ3v) is 16.4. The van der Waals surface area contributed by atoms with Gasteiger partial charge in [-0.1, -0.05) is 133 Å². The molecule has 80 heavy (non-hydrogen) atoms. The summed E-state index contributed by atoms with van der Waals surface area (Å²) >= 11 is 0. The topological polar surface area (TPSA) is 42.6 Å². The first kappa shape index (κ1) is 44.3. The van der Waals surface area contributed by atoms with Gasteiger partial charge in [0.2, 0.25) is 0 Å². The summed E-state index contributed by atoms with van der Waals surface area (Å²) in [5, 5.41) is 13.5. The lowest BCUT2D eigenvalue weighted by atomic mass is 10.0. The molecule has 17 rings (SSSR count). The highest BCUT2D eigenvalue weighted by Crippen LogP contribution is 2.46. The SMILES string of the molecule is c1ccc(N(c2ccc3cc4c(cc3c2)oc2c4ccc3oc4cc5cc(N(c6ccccc6)c6ccc7c8ccccc8n(-c8ccccc8)c7c6)ccc5cc4c32)c2ccc3c4ccccc4n(-c4ccccc4)c3c2)cc1. The highest BCUT2D eigenvalue weighted by Gasteiger charge is 2.23. The number of rotatable bonds is 8. The highest BCUT2D eigenvalue weighted by molar-refractivity contribution is 6.24. The van der Waals surface area contributed by atoms with Crippen LogP contribution in [0.2, 0.25) is 0 Å². The Morgan fingerprint density at radius 2 is 0.650 bits per heavy atom. The van der Waals surface area contributed by atoms with Crippen molar-refractivity contribution < 1.29 is 8.83 Å². The van der Waals surface area contributed by atoms with Crippen molar-refractivity contribution in [3.8, 4) is 11.4 Å². The maximum Gasteiger partial charge on any atom is 0.147 e. The molecule has 0 saturated heterocycles. The van der Waals surface area contributed by atoms with Gasteiger partial charge in [-0.2, -0.15) is 0 Å². The van der Waals surface area contributed by atoms with E-state index in [1.807, 2.05) is 0 Å². The summed E-state index contributed by atoms with van der Waals surface area (Å²) in [5.41, 5.74) is 16.6. The summed E-state index contributed by atoms with van der Waals surface area (Å²) in [5.74, 6) is 0. The zero-order valence-electron chi connectivity index (χ0n) is 43.2. The van der Waals surface area contributed by atoms with E-state index >= 15 is 0 Å². The zero-order valence-corrected chi connectivity index (χ0v) is 43.2. The number of fused-ring (bicyclic) bond motifs is 15. The number of benzene rings is 13. The Labute approximate surface area is 459 Å². The number of furan rings is 2. The molecule has 0 N–H and O–H groups in total. The minimum atomic E-state index is 0.795. The van der Waals surface area contributed by atoms with Crippen molar-refractivity contribution in [1.82, 2.24) is 9.13 Å². The van der Waals surface area contributed by atoms with Crippen molar-refractivity contribution in [3.63, 3.8) is 0 Å². The quantitative estimate of drug-likeness (QED) is 0.152. The molecular weight excluding hydrogens is 977 g/mol. The Bertz CT molecular complexity index is 5310. The van der Waals surface area contributed by atoms with Crippen molar-refractivity contribution >= 4 is 143 Å². The second-order valence-electron chi connectivity index (χ2n) is 20.9. The van der Waals surface area contributed by atoms with Gasteiger partial charge in [-0.3, -0.25) is 0 Å². The number of nitrogens with zero attached hydrogens (tertiary/aromatic N) is 4. The number of anilines is 6. The van der Waals surface area contributed by atoms with Gasteiger partial charge in [-0.25, -0.2) is 0 Å². The average molecular weight is 1020 g/mol. The van der Waals surface area contributed by atoms with Gasteiger partial charge in [0.1, 0.15) is 22.3 Å². The van der Waals surface area contributed by atoms with Crippen LogP contribution in [0, 0.1) is 0 Å². The first-order valence-electron chi connectivity index (χ1n) is 27.2. The maximum atomic E-state index is 7.00. The summed E-state index contributed by atoms with van der Waals surface area (Å²) in [6, 6.07) is 100. The van der Waals surface area contributed by atoms with Crippen LogP contribution in [-0.4, -0.2) is 9.13 Å². The van der Waals surface area contributed by atoms with E-state index < -0.39 is 0 Å². The van der Waals surface area contributed by atoms with Gasteiger partial charge in [0.05, 0.1) is 27.5 Å². The fourth-order valence-corrected chi connectivity index (χ4v) is 12.8. The largest absolute Gasteiger partial charge is 0.456 e. The average Bonchev–Trinajstić information content (AvgIpc) is 4.41. The summed E-state index contributed by atoms with van der Waals surface area (Å²) in [6.45, 7) is 0. The van der Waals surface area contributed by atoms with Crippen molar-refractivity contribution in [2.45, 2.75) is 0 Å². The van der Waals surface area contributed by atoms with E-state index in [4.69, 9.17) is 8.83 Å². The first-order valence-corrected chi connectivity index (χ1v) is 27.2. The summed E-state index contributed by atoms with van der Waals surface area (Å²) in [4.78, 5) is 4.71. The lowest BCUT2D eigenvalue weighted by Gasteiger charge is -2.26. The Morgan fingerprint density at radius 1 is 0.237 bits per heavy atom. The third kappa shape index (κ3) is 6.79. The molecule has 0 spiro atoms. The summed E-state index contributed by atoms with van der Waals surface area (Å²) < 4.78 is 18.5. The van der Waals surface area contributed by atoms with E-state index in [0.717, 1.165) is 122 Å². The number of hydrogen-bond acceptors (Lipinski definition) is 4. The minimum absolute atomic E-state index is 0.795. The van der Waals surface area contributed by atoms with E-state index in [2.05, 4.69) is 298 Å². The molecule has 17 aromatic rings. The van der Waals surface area contributed by atoms with Crippen LogP contribution in [0.1, 0.15) is 0 Å². The number of para-hydroxylation sites is 6. The standard InChI is InChI=1S/C74H46N4O2/c1-5-17-51(18-6-1)75(57-33-35-61-59-25-13-15-27-66(59)77(68(61)45-57)53-21-9-3-10-22-53)55-31-29-47-41-64-63-37-38-70-73(74(63)80-71(64)43-49(47)39-55)65-42-48-30-32-56(40-50(48)44-72(65)79-70)76(52-19-7-2-8-20-52)58-34-36-62-60-26-14-16-28-67(60)78(69(62)46-58)54-23-11-4-12-24-54/h1-46H. The Morgan fingerprint density at radius 3 is 1.18 bits per heavy atom. The molecule has 13 aromatic carbocycles. The van der Waals surface area contributed by atoms with Gasteiger partial charge < -0.3 is 27.8 Å². The van der Waals surface area contributed by atoms with Crippen LogP contribution in [0.3, 0.4) is 0 Å². The second-order valence-corrected chi connectivity index (χ2v) is 20.9. The van der Waals surface area contributed by atoms with E-state index in [9.17, 15) is 0 Å². The highest BCUT2D eigenvalue weighted by atomic mass is 16.3. The van der Waals surface area contributed by atoms with Gasteiger partial charge in [0, 0.05) is 83.2 Å². The molecule has 0 fully saturated rings. The molecule has 374 valence electrons. The van der Waals surface area contributed by atoms with Crippen LogP contribution >= 0.6 is 0 Å². The number of hydrogen-bond donors (Lipinski definition) is 0. The normalized spacial score (nSPS) is 12.0. The van der Waals surface area contributed by atoms with Crippen LogP contribution in [0.15, 0.2) is 288 Å². The molecule has 0 radical (unpaired) electrons. The number of aromatic nitrogens is 2. The molecule has 0 aliphatic carbocycles. The van der Waals surface area contributed by atoms with Crippen molar-refractivity contribution in [1.29, 1.82) is 0 Å². The molecule has 4 aromatic heterocycles. The van der Waals surface area contributed by atoms with Crippen LogP contribution in [0.5, 0.6) is 0 Å². The van der Waals surface area contributed by atoms with Crippen LogP contribution in [-0.2, 0) is 0 Å². The molecule has 0 amide bonds. The van der Waals surface area contributed by atoms with Gasteiger partial charge in [0.25, 0.3) is 0 Å². The van der Waals surface area contributed by atoms with Crippen molar-refractivity contribution in [2.75, 3.05) is 9.80 Å². The van der Waals surface area contributed by atoms with Crippen molar-refractivity contribution in [2.24, 2.45) is 0 Å². The predicted octanol–water partition coefficient (Wildman–Crippen LogP) is 20.9. The molecule has 0 saturated carbocycles. The van der Waals surface area contributed by atoms with Gasteiger partial charge in [-0.05, 0) is 167 Å². The molecule has 4 heterocycles. The van der Waals surface area contributed by atoms with Gasteiger partial charge in [-0.15, -0.1) is 0 Å². The van der Waals surface area contributed by atoms with Crippen LogP contribution in [0.4, 0.5) is 34.1 Å². The lowest BCUT2D eigenvalue weighted by Crippen LogP contribution is -2.10. The zero-order chi connectivity index (χ0) is 52.4. The lowest BCUT2D eigenvalue weighted by molar-refractivity contribution is 0.663. The van der Waals surface area contributed by atoms with E-state index in [1.165, 1.54) is 32.6 Å².